The minimum absolute atomic E-state index is 0.113. The molecule has 0 aliphatic heterocycles. The van der Waals surface area contributed by atoms with Crippen molar-refractivity contribution in [3.05, 3.63) is 48.0 Å². The summed E-state index contributed by atoms with van der Waals surface area (Å²) >= 11 is 0. The zero-order valence-electron chi connectivity index (χ0n) is 10.7. The van der Waals surface area contributed by atoms with Crippen LogP contribution in [0.5, 0.6) is 0 Å². The molecule has 1 aromatic heterocycles. The zero-order valence-corrected chi connectivity index (χ0v) is 11.6. The van der Waals surface area contributed by atoms with Gasteiger partial charge in [0.2, 0.25) is 0 Å². The van der Waals surface area contributed by atoms with Gasteiger partial charge in [0.05, 0.1) is 5.56 Å². The Kier molecular flexibility index (Phi) is 3.16. The Balaban J connectivity index is 2.38. The minimum Gasteiger partial charge on any atom is -0.351 e. The summed E-state index contributed by atoms with van der Waals surface area (Å²) in [7, 11) is -2.24. The van der Waals surface area contributed by atoms with Crippen molar-refractivity contribution in [3.8, 4) is 0 Å². The average Bonchev–Trinajstić information content (AvgIpc) is 2.46. The van der Waals surface area contributed by atoms with Crippen molar-refractivity contribution in [3.63, 3.8) is 0 Å². The highest BCUT2D eigenvalue weighted by molar-refractivity contribution is 7.37. The SMILES string of the molecule is NC(=O)NC(=O)c1cccc2c3ccccc3o[p+](=O)c12. The number of benzene rings is 2. The van der Waals surface area contributed by atoms with E-state index >= 15 is 0 Å². The molecule has 0 radical (unpaired) electrons. The molecule has 7 heteroatoms. The second-order valence-electron chi connectivity index (χ2n) is 4.36. The molecule has 0 aliphatic rings. The molecule has 0 saturated heterocycles. The molecular weight excluding hydrogens is 291 g/mol. The minimum atomic E-state index is -2.24. The Morgan fingerprint density at radius 3 is 2.52 bits per heavy atom. The molecule has 0 spiro atoms. The maximum absolute atomic E-state index is 12.3. The molecule has 0 bridgehead atoms. The molecule has 21 heavy (non-hydrogen) atoms. The Morgan fingerprint density at radius 1 is 1.05 bits per heavy atom. The smallest absolute Gasteiger partial charge is 0.351 e. The number of nitrogens with two attached hydrogens (primary N) is 1. The highest BCUT2D eigenvalue weighted by Crippen LogP contribution is 2.37. The standard InChI is InChI=1S/C14H9N2O4P/c15-14(18)16-13(17)10-6-3-5-9-8-4-1-2-7-11(8)20-21(19)12(9)10/h1-7H,(H2-,15,16,17,18)/p+1. The second-order valence-corrected chi connectivity index (χ2v) is 5.51. The van der Waals surface area contributed by atoms with Crippen LogP contribution in [0.15, 0.2) is 46.7 Å². The molecular formula is C14H10N2O4P+. The van der Waals surface area contributed by atoms with Gasteiger partial charge in [-0.25, -0.2) is 8.99 Å². The van der Waals surface area contributed by atoms with Crippen molar-refractivity contribution in [2.24, 2.45) is 5.73 Å². The van der Waals surface area contributed by atoms with Crippen LogP contribution in [0.3, 0.4) is 0 Å². The van der Waals surface area contributed by atoms with Crippen LogP contribution in [0.1, 0.15) is 10.4 Å². The molecule has 6 nitrogen and oxygen atoms in total. The molecule has 104 valence electrons. The Bertz CT molecular complexity index is 949. The van der Waals surface area contributed by atoms with Crippen molar-refractivity contribution < 1.29 is 18.4 Å². The number of nitrogens with one attached hydrogen (secondary N) is 1. The van der Waals surface area contributed by atoms with E-state index in [1.807, 2.05) is 17.4 Å². The van der Waals surface area contributed by atoms with Crippen LogP contribution in [0.2, 0.25) is 0 Å². The third-order valence-corrected chi connectivity index (χ3v) is 4.27. The highest BCUT2D eigenvalue weighted by atomic mass is 31.1. The van der Waals surface area contributed by atoms with Crippen LogP contribution < -0.4 is 11.1 Å². The molecule has 0 saturated carbocycles. The molecule has 3 amide bonds. The third-order valence-electron chi connectivity index (χ3n) is 3.06. The van der Waals surface area contributed by atoms with E-state index < -0.39 is 19.6 Å². The summed E-state index contributed by atoms with van der Waals surface area (Å²) in [4.78, 5) is 22.8. The Morgan fingerprint density at radius 2 is 1.76 bits per heavy atom. The van der Waals surface area contributed by atoms with E-state index in [4.69, 9.17) is 9.93 Å². The van der Waals surface area contributed by atoms with E-state index in [1.54, 1.807) is 24.3 Å². The van der Waals surface area contributed by atoms with Crippen molar-refractivity contribution >= 4 is 41.1 Å². The van der Waals surface area contributed by atoms with Gasteiger partial charge in [-0.3, -0.25) is 10.1 Å². The quantitative estimate of drug-likeness (QED) is 0.674. The van der Waals surface area contributed by atoms with Gasteiger partial charge in [-0.05, 0) is 22.8 Å². The van der Waals surface area contributed by atoms with Crippen molar-refractivity contribution in [1.82, 2.24) is 5.32 Å². The number of carbonyl (C=O) groups is 2. The van der Waals surface area contributed by atoms with Gasteiger partial charge in [-0.2, -0.15) is 0 Å². The van der Waals surface area contributed by atoms with Crippen LogP contribution in [-0.4, -0.2) is 11.9 Å². The first-order chi connectivity index (χ1) is 10.1. The fourth-order valence-electron chi connectivity index (χ4n) is 2.22. The molecule has 1 unspecified atom stereocenters. The predicted octanol–water partition coefficient (Wildman–Crippen LogP) is 3.14. The summed E-state index contributed by atoms with van der Waals surface area (Å²) in [6.07, 6.45) is 0. The molecule has 1 heterocycles. The fraction of sp³-hybridized carbons (Fsp3) is 0. The van der Waals surface area contributed by atoms with E-state index in [2.05, 4.69) is 0 Å². The monoisotopic (exact) mass is 301 g/mol. The van der Waals surface area contributed by atoms with Gasteiger partial charge in [0.25, 0.3) is 11.0 Å². The van der Waals surface area contributed by atoms with Crippen LogP contribution in [0.4, 0.5) is 4.79 Å². The van der Waals surface area contributed by atoms with Gasteiger partial charge in [0.15, 0.2) is 5.58 Å². The van der Waals surface area contributed by atoms with Gasteiger partial charge in [-0.15, -0.1) is 0 Å². The lowest BCUT2D eigenvalue weighted by Gasteiger charge is -2.02. The lowest BCUT2D eigenvalue weighted by atomic mass is 10.1. The van der Waals surface area contributed by atoms with Crippen LogP contribution in [0, 0.1) is 0 Å². The molecule has 2 aromatic carbocycles. The third kappa shape index (κ3) is 2.26. The first-order valence-electron chi connectivity index (χ1n) is 6.06. The Labute approximate surface area is 119 Å². The maximum Gasteiger partial charge on any atom is 0.598 e. The molecule has 0 fully saturated rings. The lowest BCUT2D eigenvalue weighted by Crippen LogP contribution is -2.34. The first kappa shape index (κ1) is 13.3. The summed E-state index contributed by atoms with van der Waals surface area (Å²) in [5.41, 5.74) is 5.55. The summed E-state index contributed by atoms with van der Waals surface area (Å²) in [6, 6.07) is 11.0. The fourth-order valence-corrected chi connectivity index (χ4v) is 3.42. The van der Waals surface area contributed by atoms with Gasteiger partial charge in [0.1, 0.15) is 0 Å². The largest absolute Gasteiger partial charge is 0.598 e. The highest BCUT2D eigenvalue weighted by Gasteiger charge is 2.24. The number of rotatable bonds is 1. The van der Waals surface area contributed by atoms with Crippen molar-refractivity contribution in [1.29, 1.82) is 0 Å². The maximum atomic E-state index is 12.3. The van der Waals surface area contributed by atoms with Gasteiger partial charge in [0, 0.05) is 10.8 Å². The van der Waals surface area contributed by atoms with Gasteiger partial charge < -0.3 is 5.73 Å². The number of imide groups is 1. The normalized spacial score (nSPS) is 11.5. The topological polar surface area (TPSA) is 102 Å². The van der Waals surface area contributed by atoms with Crippen molar-refractivity contribution in [2.45, 2.75) is 0 Å². The summed E-state index contributed by atoms with van der Waals surface area (Å²) in [5.74, 6) is -0.703. The number of hydrogen-bond donors (Lipinski definition) is 2. The number of primary amides is 1. The van der Waals surface area contributed by atoms with Crippen LogP contribution in [0.25, 0.3) is 21.5 Å². The molecule has 3 rings (SSSR count). The molecule has 1 atom stereocenters. The van der Waals surface area contributed by atoms with E-state index in [0.29, 0.717) is 11.0 Å². The predicted molar refractivity (Wildman–Crippen MR) is 78.4 cm³/mol. The van der Waals surface area contributed by atoms with Crippen LogP contribution >= 0.6 is 7.65 Å². The van der Waals surface area contributed by atoms with E-state index in [1.165, 1.54) is 6.07 Å². The van der Waals surface area contributed by atoms with E-state index in [9.17, 15) is 14.2 Å². The summed E-state index contributed by atoms with van der Waals surface area (Å²) in [5, 5.41) is 3.63. The number of para-hydroxylation sites is 1. The molecule has 0 aliphatic carbocycles. The number of urea groups is 1. The number of hydrogen-bond acceptors (Lipinski definition) is 4. The molecule has 3 N–H and O–H groups in total. The summed E-state index contributed by atoms with van der Waals surface area (Å²) < 4.78 is 17.7. The zero-order chi connectivity index (χ0) is 15.0. The van der Waals surface area contributed by atoms with E-state index in [-0.39, 0.29) is 10.7 Å². The average molecular weight is 301 g/mol. The van der Waals surface area contributed by atoms with Gasteiger partial charge in [-0.1, -0.05) is 24.3 Å². The van der Waals surface area contributed by atoms with Crippen LogP contribution in [-0.2, 0) is 4.57 Å². The Hall–Kier alpha value is -2.72. The number of carbonyl (C=O) groups excluding carboxylic acids is 2. The summed E-state index contributed by atoms with van der Waals surface area (Å²) in [6.45, 7) is 0. The van der Waals surface area contributed by atoms with Crippen molar-refractivity contribution in [2.75, 3.05) is 0 Å². The van der Waals surface area contributed by atoms with Gasteiger partial charge >= 0.3 is 13.7 Å². The number of amides is 3. The first-order valence-corrected chi connectivity index (χ1v) is 7.24. The second kappa shape index (κ2) is 5.00. The number of fused-ring (bicyclic) bond motifs is 3. The van der Waals surface area contributed by atoms with E-state index in [0.717, 1.165) is 5.39 Å². The molecule has 3 aromatic rings. The lowest BCUT2D eigenvalue weighted by molar-refractivity contribution is 0.0968.